The van der Waals surface area contributed by atoms with E-state index in [1.807, 2.05) is 0 Å². The van der Waals surface area contributed by atoms with Gasteiger partial charge in [0.2, 0.25) is 0 Å². The number of nitrogens with two attached hydrogens (primary N) is 1. The predicted molar refractivity (Wildman–Crippen MR) is 72.4 cm³/mol. The number of anilines is 1. The molecule has 2 aromatic rings. The third kappa shape index (κ3) is 3.88. The van der Waals surface area contributed by atoms with E-state index in [2.05, 4.69) is 4.74 Å². The summed E-state index contributed by atoms with van der Waals surface area (Å²) >= 11 is 5.78. The van der Waals surface area contributed by atoms with E-state index in [9.17, 15) is 18.0 Å². The lowest BCUT2D eigenvalue weighted by Crippen LogP contribution is -2.19. The van der Waals surface area contributed by atoms with Crippen molar-refractivity contribution < 1.29 is 22.7 Å². The van der Waals surface area contributed by atoms with Gasteiger partial charge < -0.3 is 10.5 Å². The minimum atomic E-state index is -4.89. The van der Waals surface area contributed by atoms with Crippen molar-refractivity contribution in [1.82, 2.24) is 0 Å². The molecule has 0 aliphatic carbocycles. The number of benzene rings is 2. The fourth-order valence-electron chi connectivity index (χ4n) is 1.77. The van der Waals surface area contributed by atoms with E-state index in [1.165, 1.54) is 36.4 Å². The van der Waals surface area contributed by atoms with Gasteiger partial charge in [0, 0.05) is 16.3 Å². The molecular formula is C14H9ClF3NO2. The first kappa shape index (κ1) is 15.2. The van der Waals surface area contributed by atoms with Crippen molar-refractivity contribution in [3.8, 4) is 5.75 Å². The molecule has 21 heavy (non-hydrogen) atoms. The maximum Gasteiger partial charge on any atom is 0.573 e. The summed E-state index contributed by atoms with van der Waals surface area (Å²) in [5, 5.41) is 0.215. The van der Waals surface area contributed by atoms with Crippen LogP contribution in [0, 0.1) is 0 Å². The molecule has 7 heteroatoms. The second kappa shape index (κ2) is 5.65. The number of carbonyl (C=O) groups excluding carboxylic acids is 1. The Kier molecular flexibility index (Phi) is 4.09. The molecule has 110 valence electrons. The van der Waals surface area contributed by atoms with Crippen molar-refractivity contribution in [2.75, 3.05) is 5.73 Å². The quantitative estimate of drug-likeness (QED) is 0.686. The molecule has 0 aliphatic rings. The maximum atomic E-state index is 12.3. The smallest absolute Gasteiger partial charge is 0.405 e. The first-order valence-corrected chi connectivity index (χ1v) is 6.09. The number of nitrogen functional groups attached to an aromatic ring is 1. The van der Waals surface area contributed by atoms with Crippen LogP contribution in [0.4, 0.5) is 18.9 Å². The van der Waals surface area contributed by atoms with Crippen LogP contribution in [0.3, 0.4) is 0 Å². The fraction of sp³-hybridized carbons (Fsp3) is 0.0714. The number of para-hydroxylation sites is 1. The summed E-state index contributed by atoms with van der Waals surface area (Å²) in [6.45, 7) is 0. The normalized spacial score (nSPS) is 11.2. The summed E-state index contributed by atoms with van der Waals surface area (Å²) in [4.78, 5) is 12.3. The Morgan fingerprint density at radius 1 is 1.14 bits per heavy atom. The number of ketones is 1. The summed E-state index contributed by atoms with van der Waals surface area (Å²) in [7, 11) is 0. The highest BCUT2D eigenvalue weighted by atomic mass is 35.5. The number of carbonyl (C=O) groups is 1. The molecule has 2 aromatic carbocycles. The van der Waals surface area contributed by atoms with Crippen molar-refractivity contribution >= 4 is 23.1 Å². The lowest BCUT2D eigenvalue weighted by molar-refractivity contribution is -0.274. The standard InChI is InChI=1S/C14H9ClF3NO2/c15-9-5-8(6-10(19)7-9)13(20)11-3-1-2-4-12(11)21-14(16,17)18/h1-7H,19H2. The maximum absolute atomic E-state index is 12.3. The summed E-state index contributed by atoms with van der Waals surface area (Å²) < 4.78 is 40.9. The van der Waals surface area contributed by atoms with Gasteiger partial charge >= 0.3 is 6.36 Å². The van der Waals surface area contributed by atoms with E-state index in [-0.39, 0.29) is 21.8 Å². The molecule has 0 fully saturated rings. The Labute approximate surface area is 123 Å². The van der Waals surface area contributed by atoms with Crippen LogP contribution in [0.5, 0.6) is 5.75 Å². The van der Waals surface area contributed by atoms with Gasteiger partial charge in [0.25, 0.3) is 0 Å². The highest BCUT2D eigenvalue weighted by Crippen LogP contribution is 2.29. The van der Waals surface area contributed by atoms with Crippen molar-refractivity contribution in [1.29, 1.82) is 0 Å². The van der Waals surface area contributed by atoms with Crippen molar-refractivity contribution in [3.05, 3.63) is 58.6 Å². The first-order chi connectivity index (χ1) is 9.76. The number of rotatable bonds is 3. The minimum absolute atomic E-state index is 0.0817. The number of hydrogen-bond donors (Lipinski definition) is 1. The lowest BCUT2D eigenvalue weighted by atomic mass is 10.0. The van der Waals surface area contributed by atoms with Gasteiger partial charge in [-0.1, -0.05) is 23.7 Å². The third-order valence-corrected chi connectivity index (χ3v) is 2.76. The predicted octanol–water partition coefficient (Wildman–Crippen LogP) is 4.05. The van der Waals surface area contributed by atoms with Gasteiger partial charge in [-0.15, -0.1) is 13.2 Å². The topological polar surface area (TPSA) is 52.3 Å². The second-order valence-corrected chi connectivity index (χ2v) is 4.58. The molecule has 0 atom stereocenters. The Morgan fingerprint density at radius 2 is 1.81 bits per heavy atom. The Balaban J connectivity index is 2.44. The van der Waals surface area contributed by atoms with Gasteiger partial charge in [-0.25, -0.2) is 0 Å². The van der Waals surface area contributed by atoms with Crippen LogP contribution >= 0.6 is 11.6 Å². The zero-order chi connectivity index (χ0) is 15.6. The van der Waals surface area contributed by atoms with Crippen LogP contribution in [-0.2, 0) is 0 Å². The van der Waals surface area contributed by atoms with Crippen LogP contribution in [0.15, 0.2) is 42.5 Å². The van der Waals surface area contributed by atoms with Crippen molar-refractivity contribution in [2.24, 2.45) is 0 Å². The van der Waals surface area contributed by atoms with Gasteiger partial charge in [0.05, 0.1) is 5.56 Å². The molecule has 0 saturated carbocycles. The molecule has 0 amide bonds. The molecule has 0 aromatic heterocycles. The SMILES string of the molecule is Nc1cc(Cl)cc(C(=O)c2ccccc2OC(F)(F)F)c1. The number of ether oxygens (including phenoxy) is 1. The van der Waals surface area contributed by atoms with Crippen LogP contribution < -0.4 is 10.5 Å². The largest absolute Gasteiger partial charge is 0.573 e. The van der Waals surface area contributed by atoms with Gasteiger partial charge in [0.15, 0.2) is 5.78 Å². The zero-order valence-corrected chi connectivity index (χ0v) is 11.2. The van der Waals surface area contributed by atoms with Crippen molar-refractivity contribution in [3.63, 3.8) is 0 Å². The highest BCUT2D eigenvalue weighted by molar-refractivity contribution is 6.31. The highest BCUT2D eigenvalue weighted by Gasteiger charge is 2.33. The minimum Gasteiger partial charge on any atom is -0.405 e. The van der Waals surface area contributed by atoms with E-state index >= 15 is 0 Å². The number of hydrogen-bond acceptors (Lipinski definition) is 3. The Hall–Kier alpha value is -2.21. The van der Waals surface area contributed by atoms with Crippen molar-refractivity contribution in [2.45, 2.75) is 6.36 Å². The molecule has 2 rings (SSSR count). The fourth-order valence-corrected chi connectivity index (χ4v) is 2.01. The molecule has 3 nitrogen and oxygen atoms in total. The molecule has 0 aliphatic heterocycles. The number of halogens is 4. The van der Waals surface area contributed by atoms with E-state index in [1.54, 1.807) is 0 Å². The lowest BCUT2D eigenvalue weighted by Gasteiger charge is -2.12. The second-order valence-electron chi connectivity index (χ2n) is 4.15. The van der Waals surface area contributed by atoms with Gasteiger partial charge in [-0.2, -0.15) is 0 Å². The van der Waals surface area contributed by atoms with Crippen LogP contribution in [-0.4, -0.2) is 12.1 Å². The molecule has 0 saturated heterocycles. The van der Waals surface area contributed by atoms with Crippen LogP contribution in [0.1, 0.15) is 15.9 Å². The molecule has 0 unspecified atom stereocenters. The average Bonchev–Trinajstić information content (AvgIpc) is 2.35. The molecular weight excluding hydrogens is 307 g/mol. The van der Waals surface area contributed by atoms with E-state index in [0.29, 0.717) is 0 Å². The molecule has 0 bridgehead atoms. The van der Waals surface area contributed by atoms with E-state index in [0.717, 1.165) is 6.07 Å². The van der Waals surface area contributed by atoms with Gasteiger partial charge in [-0.05, 0) is 30.3 Å². The summed E-state index contributed by atoms with van der Waals surface area (Å²) in [6.07, 6.45) is -4.89. The zero-order valence-electron chi connectivity index (χ0n) is 10.4. The van der Waals surface area contributed by atoms with Gasteiger partial charge in [-0.3, -0.25) is 4.79 Å². The third-order valence-electron chi connectivity index (χ3n) is 2.54. The monoisotopic (exact) mass is 315 g/mol. The molecule has 2 N–H and O–H groups in total. The first-order valence-electron chi connectivity index (χ1n) is 5.72. The average molecular weight is 316 g/mol. The number of alkyl halides is 3. The van der Waals surface area contributed by atoms with Crippen LogP contribution in [0.25, 0.3) is 0 Å². The molecule has 0 spiro atoms. The summed E-state index contributed by atoms with van der Waals surface area (Å²) in [6, 6.07) is 9.16. The van der Waals surface area contributed by atoms with E-state index < -0.39 is 17.9 Å². The summed E-state index contributed by atoms with van der Waals surface area (Å²) in [5.74, 6) is -1.24. The van der Waals surface area contributed by atoms with Crippen LogP contribution in [0.2, 0.25) is 5.02 Å². The summed E-state index contributed by atoms with van der Waals surface area (Å²) in [5.41, 5.74) is 5.66. The molecule has 0 heterocycles. The Bertz CT molecular complexity index is 666. The van der Waals surface area contributed by atoms with E-state index in [4.69, 9.17) is 17.3 Å². The van der Waals surface area contributed by atoms with Gasteiger partial charge in [0.1, 0.15) is 5.75 Å². The molecule has 0 radical (unpaired) electrons. The Morgan fingerprint density at radius 3 is 2.43 bits per heavy atom.